The van der Waals surface area contributed by atoms with E-state index in [-0.39, 0.29) is 0 Å². The van der Waals surface area contributed by atoms with Crippen LogP contribution in [0.2, 0.25) is 0 Å². The van der Waals surface area contributed by atoms with Crippen molar-refractivity contribution in [2.75, 3.05) is 0 Å². The highest BCUT2D eigenvalue weighted by Gasteiger charge is 2.21. The van der Waals surface area contributed by atoms with Crippen LogP contribution in [-0.2, 0) is 0 Å². The van der Waals surface area contributed by atoms with Crippen molar-refractivity contribution in [1.29, 1.82) is 0 Å². The smallest absolute Gasteiger partial charge is 0.238 e. The molecule has 12 aromatic rings. The van der Waals surface area contributed by atoms with Crippen LogP contribution in [0, 0.1) is 0 Å². The standard InChI is InChI=1S/C51H30N4O.C3H8/c1-3-13-34-28-37(22-20-31(34)10-1)49-52-50(38-23-21-32-11-2-4-14-35(32)29-38)54-51(53-49)55-44-19-8-7-16-41(44)42-18-9-17-40(48(42)55)36-24-26-43-46(30-36)56-45-27-25-33-12-5-6-15-39(33)47(43)45;1-3-2/h1-30H;3H2,1-2H3. The van der Waals surface area contributed by atoms with E-state index >= 15 is 0 Å². The molecule has 0 radical (unpaired) electrons. The van der Waals surface area contributed by atoms with Gasteiger partial charge in [-0.1, -0.05) is 166 Å². The number of benzene rings is 9. The lowest BCUT2D eigenvalue weighted by molar-refractivity contribution is 0.669. The van der Waals surface area contributed by atoms with E-state index in [0.717, 1.165) is 76.8 Å². The predicted octanol–water partition coefficient (Wildman–Crippen LogP) is 14.7. The number of nitrogens with zero attached hydrogens (tertiary/aromatic N) is 4. The summed E-state index contributed by atoms with van der Waals surface area (Å²) >= 11 is 0. The van der Waals surface area contributed by atoms with Crippen LogP contribution in [0.3, 0.4) is 0 Å². The molecule has 0 aliphatic carbocycles. The van der Waals surface area contributed by atoms with Crippen LogP contribution in [0.15, 0.2) is 186 Å². The molecule has 0 unspecified atom stereocenters. The molecule has 0 amide bonds. The van der Waals surface area contributed by atoms with Gasteiger partial charge in [0, 0.05) is 38.2 Å². The average molecular weight is 759 g/mol. The van der Waals surface area contributed by atoms with Gasteiger partial charge < -0.3 is 4.42 Å². The van der Waals surface area contributed by atoms with Crippen molar-refractivity contribution in [3.63, 3.8) is 0 Å². The highest BCUT2D eigenvalue weighted by Crippen LogP contribution is 2.41. The third-order valence-corrected chi connectivity index (χ3v) is 11.2. The molecule has 3 heterocycles. The van der Waals surface area contributed by atoms with E-state index in [9.17, 15) is 0 Å². The maximum absolute atomic E-state index is 6.56. The van der Waals surface area contributed by atoms with E-state index < -0.39 is 0 Å². The minimum absolute atomic E-state index is 0.557. The van der Waals surface area contributed by atoms with E-state index in [1.807, 2.05) is 0 Å². The molecule has 5 nitrogen and oxygen atoms in total. The topological polar surface area (TPSA) is 56.7 Å². The monoisotopic (exact) mass is 758 g/mol. The Hall–Kier alpha value is -7.63. The van der Waals surface area contributed by atoms with Crippen molar-refractivity contribution in [2.24, 2.45) is 0 Å². The minimum atomic E-state index is 0.557. The summed E-state index contributed by atoms with van der Waals surface area (Å²) in [6, 6.07) is 63.9. The summed E-state index contributed by atoms with van der Waals surface area (Å²) in [7, 11) is 0. The van der Waals surface area contributed by atoms with Crippen molar-refractivity contribution >= 4 is 76.1 Å². The summed E-state index contributed by atoms with van der Waals surface area (Å²) in [6.07, 6.45) is 1.25. The Labute approximate surface area is 340 Å². The molecule has 59 heavy (non-hydrogen) atoms. The SMILES string of the molecule is CCC.c1ccc2cc(-c3nc(-c4ccc5ccccc5c4)nc(-n4c5ccccc5c5cccc(-c6ccc7c(c6)oc6ccc8ccccc8c67)c54)n3)ccc2c1. The molecule has 0 saturated carbocycles. The number of furan rings is 1. The van der Waals surface area contributed by atoms with Gasteiger partial charge >= 0.3 is 0 Å². The van der Waals surface area contributed by atoms with Gasteiger partial charge in [-0.2, -0.15) is 9.97 Å². The number of para-hydroxylation sites is 2. The second-order valence-electron chi connectivity index (χ2n) is 15.1. The molecule has 3 aromatic heterocycles. The van der Waals surface area contributed by atoms with Crippen LogP contribution < -0.4 is 0 Å². The fourth-order valence-electron chi connectivity index (χ4n) is 8.55. The van der Waals surface area contributed by atoms with Crippen molar-refractivity contribution in [3.8, 4) is 39.9 Å². The maximum Gasteiger partial charge on any atom is 0.238 e. The lowest BCUT2D eigenvalue weighted by Crippen LogP contribution is -2.07. The van der Waals surface area contributed by atoms with Gasteiger partial charge in [0.1, 0.15) is 11.2 Å². The summed E-state index contributed by atoms with van der Waals surface area (Å²) in [5, 5.41) is 11.5. The zero-order valence-corrected chi connectivity index (χ0v) is 32.7. The summed E-state index contributed by atoms with van der Waals surface area (Å²) in [4.78, 5) is 15.8. The molecule has 0 atom stereocenters. The van der Waals surface area contributed by atoms with E-state index in [1.165, 1.54) is 28.0 Å². The quantitative estimate of drug-likeness (QED) is 0.179. The van der Waals surface area contributed by atoms with Crippen LogP contribution in [0.25, 0.3) is 116 Å². The molecular formula is C54H38N4O. The third kappa shape index (κ3) is 5.81. The van der Waals surface area contributed by atoms with Gasteiger partial charge in [0.15, 0.2) is 11.6 Å². The lowest BCUT2D eigenvalue weighted by Gasteiger charge is -2.13. The zero-order chi connectivity index (χ0) is 39.5. The summed E-state index contributed by atoms with van der Waals surface area (Å²) < 4.78 is 8.77. The Kier molecular flexibility index (Phi) is 8.26. The molecule has 0 aliphatic rings. The van der Waals surface area contributed by atoms with Crippen LogP contribution in [0.4, 0.5) is 0 Å². The number of aromatic nitrogens is 4. The molecular weight excluding hydrogens is 721 g/mol. The van der Waals surface area contributed by atoms with Crippen molar-refractivity contribution in [2.45, 2.75) is 20.3 Å². The molecule has 9 aromatic carbocycles. The fraction of sp³-hybridized carbons (Fsp3) is 0.0556. The molecule has 0 saturated heterocycles. The van der Waals surface area contributed by atoms with Crippen molar-refractivity contribution in [3.05, 3.63) is 182 Å². The first kappa shape index (κ1) is 34.6. The Balaban J connectivity index is 0.00000129. The fourth-order valence-corrected chi connectivity index (χ4v) is 8.55. The number of hydrogen-bond donors (Lipinski definition) is 0. The van der Waals surface area contributed by atoms with Gasteiger partial charge in [0.2, 0.25) is 5.95 Å². The van der Waals surface area contributed by atoms with Crippen molar-refractivity contribution < 1.29 is 4.42 Å². The first-order chi connectivity index (χ1) is 29.1. The van der Waals surface area contributed by atoms with Crippen LogP contribution in [-0.4, -0.2) is 19.5 Å². The van der Waals surface area contributed by atoms with Crippen molar-refractivity contribution in [1.82, 2.24) is 19.5 Å². The Morgan fingerprint density at radius 3 is 1.68 bits per heavy atom. The summed E-state index contributed by atoms with van der Waals surface area (Å²) in [6.45, 7) is 4.25. The second kappa shape index (κ2) is 14.1. The molecule has 12 rings (SSSR count). The zero-order valence-electron chi connectivity index (χ0n) is 32.7. The number of hydrogen-bond acceptors (Lipinski definition) is 4. The lowest BCUT2D eigenvalue weighted by atomic mass is 9.99. The van der Waals surface area contributed by atoms with Crippen LogP contribution >= 0.6 is 0 Å². The Morgan fingerprint density at radius 1 is 0.424 bits per heavy atom. The molecule has 0 aliphatic heterocycles. The minimum Gasteiger partial charge on any atom is -0.456 e. The van der Waals surface area contributed by atoms with E-state index in [4.69, 9.17) is 19.4 Å². The average Bonchev–Trinajstić information content (AvgIpc) is 3.85. The first-order valence-corrected chi connectivity index (χ1v) is 20.3. The van der Waals surface area contributed by atoms with Crippen LogP contribution in [0.5, 0.6) is 0 Å². The molecule has 5 heteroatoms. The molecule has 0 fully saturated rings. The Morgan fingerprint density at radius 2 is 0.983 bits per heavy atom. The highest BCUT2D eigenvalue weighted by molar-refractivity contribution is 6.20. The van der Waals surface area contributed by atoms with Gasteiger partial charge in [0.25, 0.3) is 0 Å². The van der Waals surface area contributed by atoms with Gasteiger partial charge in [-0.25, -0.2) is 4.98 Å². The molecule has 0 bridgehead atoms. The van der Waals surface area contributed by atoms with Gasteiger partial charge in [0.05, 0.1) is 11.0 Å². The molecule has 280 valence electrons. The summed E-state index contributed by atoms with van der Waals surface area (Å²) in [5.74, 6) is 1.78. The molecule has 0 N–H and O–H groups in total. The first-order valence-electron chi connectivity index (χ1n) is 20.3. The van der Waals surface area contributed by atoms with Gasteiger partial charge in [-0.15, -0.1) is 0 Å². The summed E-state index contributed by atoms with van der Waals surface area (Å²) in [5.41, 5.74) is 7.75. The molecule has 0 spiro atoms. The second-order valence-corrected chi connectivity index (χ2v) is 15.1. The largest absolute Gasteiger partial charge is 0.456 e. The third-order valence-electron chi connectivity index (χ3n) is 11.2. The Bertz CT molecular complexity index is 3480. The number of fused-ring (bicyclic) bond motifs is 10. The van der Waals surface area contributed by atoms with E-state index in [2.05, 4.69) is 200 Å². The predicted molar refractivity (Wildman–Crippen MR) is 246 cm³/mol. The van der Waals surface area contributed by atoms with Gasteiger partial charge in [-0.05, 0) is 74.3 Å². The highest BCUT2D eigenvalue weighted by atomic mass is 16.3. The van der Waals surface area contributed by atoms with E-state index in [1.54, 1.807) is 0 Å². The van der Waals surface area contributed by atoms with Gasteiger partial charge in [-0.3, -0.25) is 4.57 Å². The number of rotatable bonds is 4. The van der Waals surface area contributed by atoms with E-state index in [0.29, 0.717) is 17.6 Å². The maximum atomic E-state index is 6.56. The normalized spacial score (nSPS) is 11.6. The van der Waals surface area contributed by atoms with Crippen LogP contribution in [0.1, 0.15) is 20.3 Å².